The molecule has 3 rings (SSSR count). The number of hydrogen-bond acceptors (Lipinski definition) is 5. The second kappa shape index (κ2) is 14.2. The zero-order valence-corrected chi connectivity index (χ0v) is 22.2. The lowest BCUT2D eigenvalue weighted by Crippen LogP contribution is -2.49. The van der Waals surface area contributed by atoms with Gasteiger partial charge in [-0.2, -0.15) is 0 Å². The van der Waals surface area contributed by atoms with Crippen molar-refractivity contribution in [3.63, 3.8) is 0 Å². The summed E-state index contributed by atoms with van der Waals surface area (Å²) in [6, 6.07) is 12.1. The van der Waals surface area contributed by atoms with E-state index < -0.39 is 59.6 Å². The van der Waals surface area contributed by atoms with Crippen molar-refractivity contribution >= 4 is 11.7 Å². The molecule has 0 saturated carbocycles. The minimum absolute atomic E-state index is 0.0459. The maximum absolute atomic E-state index is 13.7. The zero-order valence-electron chi connectivity index (χ0n) is 22.2. The van der Waals surface area contributed by atoms with Gasteiger partial charge in [0, 0.05) is 44.3 Å². The van der Waals surface area contributed by atoms with Crippen LogP contribution in [0, 0.1) is 23.3 Å². The number of carbonyl (C=O) groups is 2. The average molecular weight is 561 g/mol. The fourth-order valence-corrected chi connectivity index (χ4v) is 4.33. The number of benzene rings is 3. The van der Waals surface area contributed by atoms with Crippen LogP contribution in [0.1, 0.15) is 40.4 Å². The van der Waals surface area contributed by atoms with Crippen LogP contribution in [0.15, 0.2) is 60.7 Å². The van der Waals surface area contributed by atoms with E-state index in [9.17, 15) is 32.3 Å². The van der Waals surface area contributed by atoms with Crippen LogP contribution in [-0.2, 0) is 28.9 Å². The van der Waals surface area contributed by atoms with Gasteiger partial charge in [-0.15, -0.1) is 0 Å². The number of hydrogen-bond donors (Lipinski definition) is 2. The van der Waals surface area contributed by atoms with Crippen LogP contribution < -0.4 is 5.73 Å². The number of amides is 1. The highest BCUT2D eigenvalue weighted by Crippen LogP contribution is 2.18. The van der Waals surface area contributed by atoms with Gasteiger partial charge in [0.15, 0.2) is 17.4 Å². The Morgan fingerprint density at radius 2 is 1.60 bits per heavy atom. The number of ketones is 1. The molecule has 3 aromatic rings. The molecule has 214 valence electrons. The molecule has 3 unspecified atom stereocenters. The number of ether oxygens (including phenoxy) is 1. The van der Waals surface area contributed by atoms with Gasteiger partial charge in [0.05, 0.1) is 6.10 Å². The van der Waals surface area contributed by atoms with Crippen molar-refractivity contribution < 1.29 is 37.0 Å². The quantitative estimate of drug-likeness (QED) is 0.240. The van der Waals surface area contributed by atoms with E-state index in [0.29, 0.717) is 0 Å². The van der Waals surface area contributed by atoms with Crippen LogP contribution in [0.5, 0.6) is 0 Å². The standard InChI is InChI=1S/C30H32F4N2O4/c1-3-18-5-4-6-19(9-18)16-36(17-28(38)26(35)12-20-10-22(31)14-23(32)11-20)30(39)29(40-2)15-27(37)21-7-8-24(33)25(34)13-21/h4-11,13-14,26,28-29,38H,3,12,15-17,35H2,1-2H3. The molecule has 0 saturated heterocycles. The lowest BCUT2D eigenvalue weighted by atomic mass is 10.00. The van der Waals surface area contributed by atoms with E-state index in [-0.39, 0.29) is 30.6 Å². The molecule has 0 aromatic heterocycles. The van der Waals surface area contributed by atoms with Crippen LogP contribution in [0.25, 0.3) is 0 Å². The maximum atomic E-state index is 13.7. The fourth-order valence-electron chi connectivity index (χ4n) is 4.33. The Balaban J connectivity index is 1.81. The molecule has 40 heavy (non-hydrogen) atoms. The van der Waals surface area contributed by atoms with Crippen molar-refractivity contribution in [3.05, 3.63) is 106 Å². The van der Waals surface area contributed by atoms with Crippen LogP contribution in [0.3, 0.4) is 0 Å². The van der Waals surface area contributed by atoms with Gasteiger partial charge in [0.1, 0.15) is 17.7 Å². The Bertz CT molecular complexity index is 1320. The average Bonchev–Trinajstić information content (AvgIpc) is 2.91. The van der Waals surface area contributed by atoms with Crippen LogP contribution in [-0.4, -0.2) is 53.6 Å². The van der Waals surface area contributed by atoms with Crippen molar-refractivity contribution in [3.8, 4) is 0 Å². The molecule has 1 amide bonds. The molecular formula is C30H32F4N2O4. The molecule has 0 aliphatic heterocycles. The second-order valence-corrected chi connectivity index (χ2v) is 9.59. The number of rotatable bonds is 13. The first-order valence-corrected chi connectivity index (χ1v) is 12.8. The minimum atomic E-state index is -1.30. The Hall–Kier alpha value is -3.60. The van der Waals surface area contributed by atoms with Gasteiger partial charge in [-0.1, -0.05) is 31.2 Å². The third-order valence-electron chi connectivity index (χ3n) is 6.55. The minimum Gasteiger partial charge on any atom is -0.390 e. The fraction of sp³-hybridized carbons (Fsp3) is 0.333. The van der Waals surface area contributed by atoms with E-state index >= 15 is 0 Å². The first-order valence-electron chi connectivity index (χ1n) is 12.8. The molecule has 0 spiro atoms. The van der Waals surface area contributed by atoms with Crippen molar-refractivity contribution in [1.29, 1.82) is 0 Å². The smallest absolute Gasteiger partial charge is 0.252 e. The van der Waals surface area contributed by atoms with Gasteiger partial charge < -0.3 is 20.5 Å². The summed E-state index contributed by atoms with van der Waals surface area (Å²) in [5.74, 6) is -5.14. The normalized spacial score (nSPS) is 13.5. The van der Waals surface area contributed by atoms with Crippen LogP contribution in [0.4, 0.5) is 17.6 Å². The van der Waals surface area contributed by atoms with Crippen LogP contribution in [0.2, 0.25) is 0 Å². The first-order chi connectivity index (χ1) is 19.0. The molecule has 3 atom stereocenters. The monoisotopic (exact) mass is 560 g/mol. The summed E-state index contributed by atoms with van der Waals surface area (Å²) in [5.41, 5.74) is 8.03. The molecule has 0 heterocycles. The lowest BCUT2D eigenvalue weighted by molar-refractivity contribution is -0.144. The highest BCUT2D eigenvalue weighted by Gasteiger charge is 2.30. The van der Waals surface area contributed by atoms with E-state index in [1.165, 1.54) is 12.0 Å². The summed E-state index contributed by atoms with van der Waals surface area (Å²) in [6.45, 7) is 1.75. The van der Waals surface area contributed by atoms with Gasteiger partial charge in [0.2, 0.25) is 0 Å². The number of nitrogens with zero attached hydrogens (tertiary/aromatic N) is 1. The molecule has 0 aliphatic carbocycles. The number of aliphatic hydroxyl groups excluding tert-OH is 1. The second-order valence-electron chi connectivity index (χ2n) is 9.59. The van der Waals surface area contributed by atoms with E-state index in [4.69, 9.17) is 10.5 Å². The topological polar surface area (TPSA) is 92.9 Å². The van der Waals surface area contributed by atoms with Crippen molar-refractivity contribution in [1.82, 2.24) is 4.90 Å². The van der Waals surface area contributed by atoms with Crippen LogP contribution >= 0.6 is 0 Å². The summed E-state index contributed by atoms with van der Waals surface area (Å²) in [6.07, 6.45) is -2.37. The molecule has 0 aliphatic rings. The Morgan fingerprint density at radius 3 is 2.23 bits per heavy atom. The summed E-state index contributed by atoms with van der Waals surface area (Å²) < 4.78 is 59.5. The maximum Gasteiger partial charge on any atom is 0.252 e. The summed E-state index contributed by atoms with van der Waals surface area (Å²) in [4.78, 5) is 27.6. The summed E-state index contributed by atoms with van der Waals surface area (Å²) in [7, 11) is 1.23. The number of carbonyl (C=O) groups excluding carboxylic acids is 2. The van der Waals surface area contributed by atoms with E-state index in [1.807, 2.05) is 25.1 Å². The number of Topliss-reactive ketones (excluding diaryl/α,β-unsaturated/α-hetero) is 1. The number of nitrogens with two attached hydrogens (primary N) is 1. The molecule has 3 aromatic carbocycles. The SMILES string of the molecule is CCc1cccc(CN(CC(O)C(N)Cc2cc(F)cc(F)c2)C(=O)C(CC(=O)c2ccc(F)c(F)c2)OC)c1. The van der Waals surface area contributed by atoms with Crippen molar-refractivity contribution in [2.45, 2.75) is 51.0 Å². The zero-order chi connectivity index (χ0) is 29.4. The van der Waals surface area contributed by atoms with E-state index in [2.05, 4.69) is 0 Å². The number of halogens is 4. The van der Waals surface area contributed by atoms with Crippen molar-refractivity contribution in [2.75, 3.05) is 13.7 Å². The largest absolute Gasteiger partial charge is 0.390 e. The molecule has 6 nitrogen and oxygen atoms in total. The van der Waals surface area contributed by atoms with Gasteiger partial charge in [-0.3, -0.25) is 9.59 Å². The van der Waals surface area contributed by atoms with E-state index in [1.54, 1.807) is 6.07 Å². The molecule has 10 heteroatoms. The number of methoxy groups -OCH3 is 1. The molecule has 0 fully saturated rings. The van der Waals surface area contributed by atoms with Crippen molar-refractivity contribution in [2.24, 2.45) is 5.73 Å². The predicted molar refractivity (Wildman–Crippen MR) is 141 cm³/mol. The van der Waals surface area contributed by atoms with Gasteiger partial charge in [0.25, 0.3) is 5.91 Å². The Labute approximate surface area is 230 Å². The summed E-state index contributed by atoms with van der Waals surface area (Å²) >= 11 is 0. The van der Waals surface area contributed by atoms with Gasteiger partial charge >= 0.3 is 0 Å². The predicted octanol–water partition coefficient (Wildman–Crippen LogP) is 4.35. The van der Waals surface area contributed by atoms with Gasteiger partial charge in [-0.05, 0) is 59.9 Å². The summed E-state index contributed by atoms with van der Waals surface area (Å²) in [5, 5.41) is 10.9. The third-order valence-corrected chi connectivity index (χ3v) is 6.55. The Morgan fingerprint density at radius 1 is 0.925 bits per heavy atom. The highest BCUT2D eigenvalue weighted by atomic mass is 19.2. The Kier molecular flexibility index (Phi) is 10.9. The number of aliphatic hydroxyl groups is 1. The lowest BCUT2D eigenvalue weighted by Gasteiger charge is -2.31. The van der Waals surface area contributed by atoms with Gasteiger partial charge in [-0.25, -0.2) is 17.6 Å². The molecule has 3 N–H and O–H groups in total. The molecule has 0 radical (unpaired) electrons. The first kappa shape index (κ1) is 30.9. The highest BCUT2D eigenvalue weighted by molar-refractivity contribution is 5.99. The van der Waals surface area contributed by atoms with E-state index in [0.717, 1.165) is 53.9 Å². The molecule has 0 bridgehead atoms. The molecular weight excluding hydrogens is 528 g/mol. The third kappa shape index (κ3) is 8.45. The number of aryl methyl sites for hydroxylation is 1.